The third-order valence-electron chi connectivity index (χ3n) is 13.2. The summed E-state index contributed by atoms with van der Waals surface area (Å²) >= 11 is 1.65. The normalized spacial score (nSPS) is 31.0. The fourth-order valence-electron chi connectivity index (χ4n) is 10.7. The Morgan fingerprint density at radius 2 is 1.91 bits per heavy atom. The van der Waals surface area contributed by atoms with Crippen LogP contribution in [-0.4, -0.2) is 84.9 Å². The van der Waals surface area contributed by atoms with Crippen LogP contribution in [-0.2, 0) is 27.9 Å². The zero-order chi connectivity index (χ0) is 37.4. The number of fused-ring (bicyclic) bond motifs is 11. The van der Waals surface area contributed by atoms with Crippen molar-refractivity contribution in [2.24, 2.45) is 5.73 Å². The fourth-order valence-corrected chi connectivity index (χ4v) is 12.4. The quantitative estimate of drug-likeness (QED) is 0.242. The molecule has 7 aliphatic rings. The van der Waals surface area contributed by atoms with Crippen molar-refractivity contribution in [2.45, 2.75) is 80.7 Å². The minimum atomic E-state index is -1.34. The van der Waals surface area contributed by atoms with Gasteiger partial charge in [0.25, 0.3) is 0 Å². The predicted octanol–water partition coefficient (Wildman–Crippen LogP) is 4.73. The number of ether oxygens (including phenoxy) is 4. The third kappa shape index (κ3) is 4.31. The number of rotatable bonds is 2. The molecule has 0 amide bonds. The van der Waals surface area contributed by atoms with Crippen LogP contribution in [0.1, 0.15) is 67.6 Å². The molecule has 0 saturated carbocycles. The highest BCUT2D eigenvalue weighted by Crippen LogP contribution is 2.63. The highest BCUT2D eigenvalue weighted by molar-refractivity contribution is 7.99. The highest BCUT2D eigenvalue weighted by atomic mass is 32.2. The van der Waals surface area contributed by atoms with E-state index in [0.29, 0.717) is 48.0 Å². The van der Waals surface area contributed by atoms with Gasteiger partial charge in [0.15, 0.2) is 28.5 Å². The number of para-hydroxylation sites is 1. The average Bonchev–Trinajstić information content (AvgIpc) is 3.81. The number of carbonyl (C=O) groups is 1. The van der Waals surface area contributed by atoms with E-state index in [1.165, 1.54) is 0 Å². The number of hydrogen-bond acceptors (Lipinski definition) is 13. The Morgan fingerprint density at radius 1 is 1.11 bits per heavy atom. The van der Waals surface area contributed by atoms with E-state index in [2.05, 4.69) is 48.1 Å². The maximum atomic E-state index is 14.9. The van der Waals surface area contributed by atoms with Crippen LogP contribution in [0.25, 0.3) is 11.0 Å². The SMILES string of the molecule is COc1c(C)cc2c(c1O)[C@@H]1[C@@H]3[C@@H]4SC[C@]5(N[C@H](CN)Cc6c5oc5ccccc65)C(=O)OC[C@@H](c5c6c(c(C)c(C)c54)OCO6)N3[C@@H](C#N)[C@H](C2)N1C. The number of nitrogens with one attached hydrogen (secondary N) is 1. The Balaban J connectivity index is 1.23. The van der Waals surface area contributed by atoms with Gasteiger partial charge in [0.05, 0.1) is 25.3 Å². The monoisotopic (exact) mass is 749 g/mol. The number of nitrogens with zero attached hydrogens (tertiary/aromatic N) is 3. The largest absolute Gasteiger partial charge is 0.504 e. The Labute approximate surface area is 317 Å². The van der Waals surface area contributed by atoms with Crippen molar-refractivity contribution in [2.75, 3.05) is 39.9 Å². The fraction of sp³-hybridized carbons (Fsp3) is 0.463. The molecule has 1 aromatic heterocycles. The van der Waals surface area contributed by atoms with Crippen molar-refractivity contribution in [3.05, 3.63) is 80.6 Å². The number of hydrogen-bond donors (Lipinski definition) is 3. The number of carbonyl (C=O) groups excluding carboxylic acids is 1. The van der Waals surface area contributed by atoms with E-state index >= 15 is 0 Å². The lowest BCUT2D eigenvalue weighted by Crippen LogP contribution is -2.69. The molecule has 2 fully saturated rings. The van der Waals surface area contributed by atoms with Crippen LogP contribution in [0.4, 0.5) is 0 Å². The summed E-state index contributed by atoms with van der Waals surface area (Å²) in [5.74, 6) is 2.30. The summed E-state index contributed by atoms with van der Waals surface area (Å²) in [7, 11) is 3.65. The number of thioether (sulfide) groups is 1. The molecule has 0 unspecified atom stereocenters. The summed E-state index contributed by atoms with van der Waals surface area (Å²) in [5, 5.41) is 27.5. The van der Waals surface area contributed by atoms with Crippen molar-refractivity contribution in [1.29, 1.82) is 5.26 Å². The number of esters is 1. The number of nitriles is 1. The molecular weight excluding hydrogens is 707 g/mol. The smallest absolute Gasteiger partial charge is 0.335 e. The van der Waals surface area contributed by atoms with E-state index in [4.69, 9.17) is 29.1 Å². The average molecular weight is 750 g/mol. The molecule has 4 aromatic rings. The third-order valence-corrected chi connectivity index (χ3v) is 14.6. The van der Waals surface area contributed by atoms with Crippen LogP contribution in [0.15, 0.2) is 34.7 Å². The van der Waals surface area contributed by atoms with Crippen LogP contribution in [0.3, 0.4) is 0 Å². The zero-order valence-corrected chi connectivity index (χ0v) is 31.7. The Bertz CT molecular complexity index is 2320. The summed E-state index contributed by atoms with van der Waals surface area (Å²) < 4.78 is 31.4. The van der Waals surface area contributed by atoms with Crippen LogP contribution >= 0.6 is 11.8 Å². The molecule has 8 heterocycles. The highest BCUT2D eigenvalue weighted by Gasteiger charge is 2.62. The molecule has 11 rings (SSSR count). The lowest BCUT2D eigenvalue weighted by Gasteiger charge is -2.62. The number of phenolic OH excluding ortho intramolecular Hbond substituents is 1. The van der Waals surface area contributed by atoms with Gasteiger partial charge in [-0.15, -0.1) is 11.8 Å². The molecule has 7 aliphatic heterocycles. The Kier molecular flexibility index (Phi) is 7.59. The maximum absolute atomic E-state index is 14.9. The van der Waals surface area contributed by atoms with Crippen LogP contribution in [0.5, 0.6) is 23.0 Å². The maximum Gasteiger partial charge on any atom is 0.335 e. The summed E-state index contributed by atoms with van der Waals surface area (Å²) in [5.41, 5.74) is 13.4. The molecule has 280 valence electrons. The molecule has 4 bridgehead atoms. The lowest BCUT2D eigenvalue weighted by molar-refractivity contribution is -0.158. The molecule has 8 atom stereocenters. The minimum Gasteiger partial charge on any atom is -0.504 e. The number of furan rings is 1. The van der Waals surface area contributed by atoms with Crippen LogP contribution < -0.4 is 25.3 Å². The van der Waals surface area contributed by atoms with Crippen LogP contribution in [0.2, 0.25) is 0 Å². The van der Waals surface area contributed by atoms with E-state index < -0.39 is 23.6 Å². The number of aryl methyl sites for hydroxylation is 1. The van der Waals surface area contributed by atoms with Gasteiger partial charge in [-0.05, 0) is 74.5 Å². The first-order chi connectivity index (χ1) is 26.1. The van der Waals surface area contributed by atoms with E-state index in [9.17, 15) is 15.2 Å². The number of piperazine rings is 1. The second-order valence-electron chi connectivity index (χ2n) is 15.6. The molecule has 4 N–H and O–H groups in total. The Hall–Kier alpha value is -4.45. The molecule has 0 radical (unpaired) electrons. The topological polar surface area (TPSA) is 156 Å². The number of benzene rings is 3. The molecule has 2 saturated heterocycles. The minimum absolute atomic E-state index is 0.0400. The van der Waals surface area contributed by atoms with Crippen molar-refractivity contribution in [1.82, 2.24) is 15.1 Å². The lowest BCUT2D eigenvalue weighted by atomic mass is 9.71. The molecule has 54 heavy (non-hydrogen) atoms. The molecule has 1 spiro atoms. The van der Waals surface area contributed by atoms with Gasteiger partial charge in [-0.3, -0.25) is 15.1 Å². The van der Waals surface area contributed by atoms with Gasteiger partial charge in [-0.2, -0.15) is 5.26 Å². The van der Waals surface area contributed by atoms with Crippen molar-refractivity contribution in [3.63, 3.8) is 0 Å². The van der Waals surface area contributed by atoms with Gasteiger partial charge < -0.3 is 34.2 Å². The van der Waals surface area contributed by atoms with Crippen LogP contribution in [0, 0.1) is 32.1 Å². The standard InChI is InChI=1S/C41H43N5O7S/c1-18-10-21-11-25-26(14-43)46-27-15-50-40(48)41(39-24(12-22(13-42)44-41)23-8-6-7-9-28(23)53-39)16-54-38(29-19(2)20(3)36-37(31(27)29)52-17-51-36)33(46)32(45(25)4)30(21)34(47)35(18)49-5/h6-10,22,25-27,32-33,38,44,47H,11-13,15-17,42H2,1-5H3/t22-,25-,26-,27-,32+,33+,38+,41+/m0/s1. The number of aromatic hydroxyl groups is 1. The molecule has 3 aromatic carbocycles. The zero-order valence-electron chi connectivity index (χ0n) is 30.9. The molecule has 12 nitrogen and oxygen atoms in total. The number of nitrogens with two attached hydrogens (primary N) is 1. The number of likely N-dealkylation sites (N-methyl/N-ethyl adjacent to an activating group) is 1. The van der Waals surface area contributed by atoms with E-state index in [0.717, 1.165) is 49.9 Å². The molecule has 13 heteroatoms. The van der Waals surface area contributed by atoms with Crippen molar-refractivity contribution in [3.8, 4) is 29.1 Å². The molecular formula is C41H43N5O7S. The number of methoxy groups -OCH3 is 1. The van der Waals surface area contributed by atoms with E-state index in [1.54, 1.807) is 18.9 Å². The second-order valence-corrected chi connectivity index (χ2v) is 16.8. The van der Waals surface area contributed by atoms with E-state index in [1.807, 2.05) is 31.2 Å². The van der Waals surface area contributed by atoms with Crippen molar-refractivity contribution < 1.29 is 33.3 Å². The summed E-state index contributed by atoms with van der Waals surface area (Å²) in [6.07, 6.45) is 1.18. The van der Waals surface area contributed by atoms with Gasteiger partial charge >= 0.3 is 5.97 Å². The first-order valence-electron chi connectivity index (χ1n) is 18.6. The first kappa shape index (κ1) is 34.1. The first-order valence-corrected chi connectivity index (χ1v) is 19.7. The molecule has 0 aliphatic carbocycles. The predicted molar refractivity (Wildman–Crippen MR) is 201 cm³/mol. The summed E-state index contributed by atoms with van der Waals surface area (Å²) in [6.45, 7) is 6.49. The second kappa shape index (κ2) is 12.0. The van der Waals surface area contributed by atoms with Gasteiger partial charge in [0.2, 0.25) is 6.79 Å². The van der Waals surface area contributed by atoms with E-state index in [-0.39, 0.29) is 54.3 Å². The number of phenols is 1. The van der Waals surface area contributed by atoms with Crippen molar-refractivity contribution >= 4 is 28.7 Å². The van der Waals surface area contributed by atoms with Gasteiger partial charge in [0, 0.05) is 57.7 Å². The summed E-state index contributed by atoms with van der Waals surface area (Å²) in [4.78, 5) is 19.5. The van der Waals surface area contributed by atoms with Gasteiger partial charge in [0.1, 0.15) is 24.0 Å². The summed E-state index contributed by atoms with van der Waals surface area (Å²) in [6, 6.07) is 10.5. The van der Waals surface area contributed by atoms with Gasteiger partial charge in [-0.1, -0.05) is 24.3 Å². The Morgan fingerprint density at radius 3 is 2.69 bits per heavy atom. The van der Waals surface area contributed by atoms with Gasteiger partial charge in [-0.25, -0.2) is 4.79 Å².